The molecule has 2 aromatic carbocycles. The molecule has 0 bridgehead atoms. The van der Waals surface area contributed by atoms with Gasteiger partial charge in [-0.3, -0.25) is 0 Å². The van der Waals surface area contributed by atoms with E-state index in [9.17, 15) is 0 Å². The van der Waals surface area contributed by atoms with Crippen LogP contribution in [0.4, 0.5) is 0 Å². The first-order chi connectivity index (χ1) is 12.7. The van der Waals surface area contributed by atoms with Crippen LogP contribution in [0.1, 0.15) is 5.76 Å². The first-order valence-corrected chi connectivity index (χ1v) is 9.35. The van der Waals surface area contributed by atoms with Crippen LogP contribution in [0.2, 0.25) is 10.0 Å². The topological polar surface area (TPSA) is 65.0 Å². The monoisotopic (exact) mass is 403 g/mol. The summed E-state index contributed by atoms with van der Waals surface area (Å²) in [5.41, 5.74) is 2.51. The van der Waals surface area contributed by atoms with Crippen LogP contribution in [0.5, 0.6) is 0 Å². The number of hydrogen-bond acceptors (Lipinski definition) is 6. The van der Waals surface area contributed by atoms with E-state index < -0.39 is 0 Å². The van der Waals surface area contributed by atoms with E-state index in [4.69, 9.17) is 32.1 Å². The molecule has 0 unspecified atom stereocenters. The first-order valence-electron chi connectivity index (χ1n) is 7.61. The average Bonchev–Trinajstić information content (AvgIpc) is 3.31. The summed E-state index contributed by atoms with van der Waals surface area (Å²) in [5.74, 6) is 1.69. The molecule has 0 radical (unpaired) electrons. The van der Waals surface area contributed by atoms with Gasteiger partial charge in [0.1, 0.15) is 11.5 Å². The van der Waals surface area contributed by atoms with Crippen molar-refractivity contribution in [3.8, 4) is 22.7 Å². The fourth-order valence-electron chi connectivity index (χ4n) is 2.25. The van der Waals surface area contributed by atoms with Crippen molar-refractivity contribution in [2.45, 2.75) is 11.0 Å². The zero-order valence-corrected chi connectivity index (χ0v) is 15.6. The Morgan fingerprint density at radius 2 is 1.50 bits per heavy atom. The summed E-state index contributed by atoms with van der Waals surface area (Å²) in [7, 11) is 0. The Morgan fingerprint density at radius 1 is 0.846 bits per heavy atom. The number of rotatable bonds is 5. The van der Waals surface area contributed by atoms with E-state index in [2.05, 4.69) is 15.4 Å². The van der Waals surface area contributed by atoms with E-state index in [-0.39, 0.29) is 0 Å². The molecule has 0 fully saturated rings. The quantitative estimate of drug-likeness (QED) is 0.381. The van der Waals surface area contributed by atoms with Gasteiger partial charge in [0.05, 0.1) is 5.75 Å². The third-order valence-electron chi connectivity index (χ3n) is 3.53. The number of aromatic nitrogens is 3. The van der Waals surface area contributed by atoms with Crippen molar-refractivity contribution in [2.75, 3.05) is 0 Å². The van der Waals surface area contributed by atoms with Crippen molar-refractivity contribution < 1.29 is 8.94 Å². The lowest BCUT2D eigenvalue weighted by molar-refractivity contribution is 0.396. The summed E-state index contributed by atoms with van der Waals surface area (Å²) in [4.78, 5) is 0. The third kappa shape index (κ3) is 3.93. The summed E-state index contributed by atoms with van der Waals surface area (Å²) >= 11 is 13.2. The Labute approximate surface area is 163 Å². The molecule has 8 heteroatoms. The normalized spacial score (nSPS) is 11.0. The molecule has 4 aromatic rings. The number of hydrogen-bond donors (Lipinski definition) is 0. The summed E-state index contributed by atoms with van der Waals surface area (Å²) in [6.07, 6.45) is 0. The fourth-order valence-corrected chi connectivity index (χ4v) is 3.14. The molecule has 26 heavy (non-hydrogen) atoms. The largest absolute Gasteiger partial charge is 0.411 e. The van der Waals surface area contributed by atoms with Gasteiger partial charge in [0, 0.05) is 27.2 Å². The van der Waals surface area contributed by atoms with Crippen molar-refractivity contribution >= 4 is 35.0 Å². The predicted molar refractivity (Wildman–Crippen MR) is 101 cm³/mol. The smallest absolute Gasteiger partial charge is 0.277 e. The van der Waals surface area contributed by atoms with Crippen LogP contribution in [-0.2, 0) is 5.75 Å². The minimum Gasteiger partial charge on any atom is -0.411 e. The Bertz CT molecular complexity index is 930. The van der Waals surface area contributed by atoms with Gasteiger partial charge in [-0.25, -0.2) is 0 Å². The molecule has 0 aliphatic rings. The number of benzene rings is 2. The molecule has 130 valence electrons. The molecule has 0 saturated heterocycles. The lowest BCUT2D eigenvalue weighted by atomic mass is 10.1. The first kappa shape index (κ1) is 17.1. The molecular formula is C18H11Cl2N3O2S. The van der Waals surface area contributed by atoms with E-state index in [1.807, 2.05) is 42.5 Å². The lowest BCUT2D eigenvalue weighted by Gasteiger charge is -1.94. The minimum absolute atomic E-state index is 0.448. The molecule has 5 nitrogen and oxygen atoms in total. The highest BCUT2D eigenvalue weighted by Gasteiger charge is 2.12. The van der Waals surface area contributed by atoms with Crippen LogP contribution >= 0.6 is 35.0 Å². The van der Waals surface area contributed by atoms with Crippen LogP contribution in [0, 0.1) is 0 Å². The van der Waals surface area contributed by atoms with E-state index in [0.717, 1.165) is 16.8 Å². The standard InChI is InChI=1S/C18H11Cl2N3O2S/c19-13-5-1-11(2-6-13)16-9-15(25-23-16)10-26-18-22-21-17(24-18)12-3-7-14(20)8-4-12/h1-9H,10H2. The lowest BCUT2D eigenvalue weighted by Crippen LogP contribution is -1.77. The number of nitrogens with zero attached hydrogens (tertiary/aromatic N) is 3. The van der Waals surface area contributed by atoms with E-state index in [1.54, 1.807) is 12.1 Å². The highest BCUT2D eigenvalue weighted by molar-refractivity contribution is 7.98. The zero-order chi connectivity index (χ0) is 17.9. The second-order valence-electron chi connectivity index (χ2n) is 5.35. The van der Waals surface area contributed by atoms with Crippen molar-refractivity contribution in [1.29, 1.82) is 0 Å². The molecule has 0 atom stereocenters. The van der Waals surface area contributed by atoms with Gasteiger partial charge in [-0.1, -0.05) is 52.3 Å². The maximum atomic E-state index is 5.90. The number of thioether (sulfide) groups is 1. The van der Waals surface area contributed by atoms with E-state index >= 15 is 0 Å². The van der Waals surface area contributed by atoms with Crippen LogP contribution in [0.25, 0.3) is 22.7 Å². The van der Waals surface area contributed by atoms with Crippen molar-refractivity contribution in [3.05, 3.63) is 70.4 Å². The molecule has 0 spiro atoms. The Kier molecular flexibility index (Phi) is 4.97. The van der Waals surface area contributed by atoms with Gasteiger partial charge in [-0.2, -0.15) is 0 Å². The molecular weight excluding hydrogens is 393 g/mol. The van der Waals surface area contributed by atoms with E-state index in [0.29, 0.717) is 32.7 Å². The average molecular weight is 404 g/mol. The molecule has 0 amide bonds. The van der Waals surface area contributed by atoms with Gasteiger partial charge in [-0.15, -0.1) is 10.2 Å². The molecule has 0 aliphatic carbocycles. The minimum atomic E-state index is 0.448. The molecule has 0 N–H and O–H groups in total. The Hall–Kier alpha value is -2.28. The van der Waals surface area contributed by atoms with Gasteiger partial charge >= 0.3 is 0 Å². The third-order valence-corrected chi connectivity index (χ3v) is 4.88. The SMILES string of the molecule is Clc1ccc(-c2cc(CSc3nnc(-c4ccc(Cl)cc4)o3)on2)cc1. The summed E-state index contributed by atoms with van der Waals surface area (Å²) in [5, 5.41) is 14.0. The van der Waals surface area contributed by atoms with Gasteiger partial charge < -0.3 is 8.94 Å². The van der Waals surface area contributed by atoms with Crippen molar-refractivity contribution in [3.63, 3.8) is 0 Å². The molecule has 2 heterocycles. The highest BCUT2D eigenvalue weighted by Crippen LogP contribution is 2.28. The van der Waals surface area contributed by atoms with Crippen molar-refractivity contribution in [2.24, 2.45) is 0 Å². The second kappa shape index (κ2) is 7.53. The van der Waals surface area contributed by atoms with Gasteiger partial charge in [0.2, 0.25) is 5.89 Å². The molecule has 2 aromatic heterocycles. The zero-order valence-electron chi connectivity index (χ0n) is 13.2. The van der Waals surface area contributed by atoms with Crippen LogP contribution < -0.4 is 0 Å². The van der Waals surface area contributed by atoms with E-state index in [1.165, 1.54) is 11.8 Å². The molecule has 4 rings (SSSR count). The molecule has 0 aliphatic heterocycles. The highest BCUT2D eigenvalue weighted by atomic mass is 35.5. The summed E-state index contributed by atoms with van der Waals surface area (Å²) in [6.45, 7) is 0. The van der Waals surface area contributed by atoms with Gasteiger partial charge in [0.15, 0.2) is 0 Å². The van der Waals surface area contributed by atoms with Crippen LogP contribution in [0.3, 0.4) is 0 Å². The van der Waals surface area contributed by atoms with Gasteiger partial charge in [-0.05, 0) is 36.4 Å². The summed E-state index contributed by atoms with van der Waals surface area (Å²) < 4.78 is 11.0. The van der Waals surface area contributed by atoms with Crippen LogP contribution in [0.15, 0.2) is 68.8 Å². The Balaban J connectivity index is 1.42. The maximum absolute atomic E-state index is 5.90. The summed E-state index contributed by atoms with van der Waals surface area (Å²) in [6, 6.07) is 16.5. The van der Waals surface area contributed by atoms with Gasteiger partial charge in [0.25, 0.3) is 5.22 Å². The maximum Gasteiger partial charge on any atom is 0.277 e. The molecule has 0 saturated carbocycles. The van der Waals surface area contributed by atoms with Crippen molar-refractivity contribution in [1.82, 2.24) is 15.4 Å². The number of halogens is 2. The fraction of sp³-hybridized carbons (Fsp3) is 0.0556. The van der Waals surface area contributed by atoms with Crippen LogP contribution in [-0.4, -0.2) is 15.4 Å². The Morgan fingerprint density at radius 3 is 2.19 bits per heavy atom. The predicted octanol–water partition coefficient (Wildman–Crippen LogP) is 5.99. The second-order valence-corrected chi connectivity index (χ2v) is 7.15.